The van der Waals surface area contributed by atoms with E-state index in [0.29, 0.717) is 25.4 Å². The lowest BCUT2D eigenvalue weighted by Gasteiger charge is -2.17. The summed E-state index contributed by atoms with van der Waals surface area (Å²) < 4.78 is 5.21. The molecule has 0 aliphatic carbocycles. The van der Waals surface area contributed by atoms with Crippen LogP contribution in [-0.4, -0.2) is 36.5 Å². The van der Waals surface area contributed by atoms with Crippen LogP contribution in [0.5, 0.6) is 0 Å². The number of unbranched alkanes of at least 4 members (excludes halogenated alkanes) is 1. The van der Waals surface area contributed by atoms with Gasteiger partial charge in [-0.15, -0.1) is 13.2 Å². The van der Waals surface area contributed by atoms with Gasteiger partial charge in [0.2, 0.25) is 0 Å². The van der Waals surface area contributed by atoms with Crippen LogP contribution in [0, 0.1) is 11.3 Å². The number of ether oxygens (including phenoxy) is 1. The molecular formula is C21H25N3O3. The minimum atomic E-state index is -0.607. The predicted octanol–water partition coefficient (Wildman–Crippen LogP) is 3.66. The van der Waals surface area contributed by atoms with E-state index in [1.807, 2.05) is 13.0 Å². The molecule has 0 heterocycles. The Hall–Kier alpha value is -3.33. The Kier molecular flexibility index (Phi) is 9.72. The third-order valence-corrected chi connectivity index (χ3v) is 3.53. The zero-order valence-electron chi connectivity index (χ0n) is 15.6. The fourth-order valence-electron chi connectivity index (χ4n) is 2.18. The zero-order chi connectivity index (χ0) is 20.1. The van der Waals surface area contributed by atoms with E-state index in [0.717, 1.165) is 12.8 Å². The Bertz CT molecular complexity index is 737. The highest BCUT2D eigenvalue weighted by atomic mass is 16.5. The van der Waals surface area contributed by atoms with Crippen molar-refractivity contribution in [1.82, 2.24) is 4.90 Å². The van der Waals surface area contributed by atoms with E-state index in [-0.39, 0.29) is 11.1 Å². The molecule has 0 aliphatic heterocycles. The fraction of sp³-hybridized carbons (Fsp3) is 0.286. The van der Waals surface area contributed by atoms with E-state index in [4.69, 9.17) is 4.74 Å². The average Bonchev–Trinajstić information content (AvgIpc) is 2.66. The highest BCUT2D eigenvalue weighted by Gasteiger charge is 2.17. The van der Waals surface area contributed by atoms with Crippen molar-refractivity contribution >= 4 is 17.6 Å². The molecule has 0 aromatic heterocycles. The third-order valence-electron chi connectivity index (χ3n) is 3.53. The van der Waals surface area contributed by atoms with E-state index >= 15 is 0 Å². The quantitative estimate of drug-likeness (QED) is 0.212. The number of nitrogens with zero attached hydrogens (tertiary/aromatic N) is 2. The molecule has 1 aromatic rings. The maximum atomic E-state index is 12.5. The molecule has 1 N–H and O–H groups in total. The van der Waals surface area contributed by atoms with E-state index in [2.05, 4.69) is 18.5 Å². The topological polar surface area (TPSA) is 82.4 Å². The van der Waals surface area contributed by atoms with Crippen LogP contribution < -0.4 is 5.32 Å². The van der Waals surface area contributed by atoms with Gasteiger partial charge >= 0.3 is 5.97 Å². The smallest absolute Gasteiger partial charge is 0.340 e. The summed E-state index contributed by atoms with van der Waals surface area (Å²) in [6, 6.07) is 8.42. The second kappa shape index (κ2) is 12.1. The summed E-state index contributed by atoms with van der Waals surface area (Å²) in [6.45, 7) is 10.5. The van der Waals surface area contributed by atoms with Crippen LogP contribution in [0.2, 0.25) is 0 Å². The maximum absolute atomic E-state index is 12.5. The van der Waals surface area contributed by atoms with Gasteiger partial charge in [0.05, 0.1) is 17.9 Å². The number of anilines is 1. The summed E-state index contributed by atoms with van der Waals surface area (Å²) >= 11 is 0. The van der Waals surface area contributed by atoms with Crippen LogP contribution in [-0.2, 0) is 9.53 Å². The number of benzene rings is 1. The van der Waals surface area contributed by atoms with Gasteiger partial charge < -0.3 is 15.0 Å². The van der Waals surface area contributed by atoms with Crippen molar-refractivity contribution in [2.75, 3.05) is 25.0 Å². The van der Waals surface area contributed by atoms with Gasteiger partial charge in [0.25, 0.3) is 5.91 Å². The molecule has 1 rings (SSSR count). The summed E-state index contributed by atoms with van der Waals surface area (Å²) in [6.07, 6.45) is 6.45. The van der Waals surface area contributed by atoms with Gasteiger partial charge in [0.1, 0.15) is 11.6 Å². The second-order valence-corrected chi connectivity index (χ2v) is 5.68. The van der Waals surface area contributed by atoms with Crippen molar-refractivity contribution in [3.63, 3.8) is 0 Å². The van der Waals surface area contributed by atoms with Gasteiger partial charge in [-0.1, -0.05) is 37.6 Å². The van der Waals surface area contributed by atoms with E-state index < -0.39 is 11.9 Å². The van der Waals surface area contributed by atoms with Gasteiger partial charge in [-0.2, -0.15) is 5.26 Å². The van der Waals surface area contributed by atoms with Crippen molar-refractivity contribution in [1.29, 1.82) is 5.26 Å². The number of hydrogen-bond acceptors (Lipinski definition) is 5. The summed E-state index contributed by atoms with van der Waals surface area (Å²) in [5, 5.41) is 11.9. The van der Waals surface area contributed by atoms with Crippen LogP contribution >= 0.6 is 0 Å². The summed E-state index contributed by atoms with van der Waals surface area (Å²) in [5.74, 6) is -1.12. The number of para-hydroxylation sites is 1. The molecule has 1 amide bonds. The lowest BCUT2D eigenvalue weighted by atomic mass is 10.1. The summed E-state index contributed by atoms with van der Waals surface area (Å²) in [5.41, 5.74) is 0.449. The van der Waals surface area contributed by atoms with Crippen LogP contribution in [0.4, 0.5) is 5.69 Å². The van der Waals surface area contributed by atoms with Gasteiger partial charge in [0, 0.05) is 19.3 Å². The molecule has 27 heavy (non-hydrogen) atoms. The molecular weight excluding hydrogens is 342 g/mol. The van der Waals surface area contributed by atoms with E-state index in [1.165, 1.54) is 6.20 Å². The van der Waals surface area contributed by atoms with Crippen molar-refractivity contribution in [2.24, 2.45) is 0 Å². The van der Waals surface area contributed by atoms with Gasteiger partial charge in [-0.3, -0.25) is 4.79 Å². The third kappa shape index (κ3) is 7.20. The first kappa shape index (κ1) is 21.7. The number of rotatable bonds is 11. The first-order valence-electron chi connectivity index (χ1n) is 8.72. The standard InChI is InChI=1S/C21H25N3O3/c1-4-7-14-27-21(26)18-10-8-9-11-19(18)23-20(25)17(15-22)16-24(12-5-2)13-6-3/h5-6,8-11,16H,2-4,7,12-14H2,1H3,(H,23,25)/b17-16-. The van der Waals surface area contributed by atoms with Crippen molar-refractivity contribution in [2.45, 2.75) is 19.8 Å². The predicted molar refractivity (Wildman–Crippen MR) is 106 cm³/mol. The summed E-state index contributed by atoms with van der Waals surface area (Å²) in [7, 11) is 0. The van der Waals surface area contributed by atoms with Crippen molar-refractivity contribution < 1.29 is 14.3 Å². The number of nitrogens with one attached hydrogen (secondary N) is 1. The van der Waals surface area contributed by atoms with Crippen LogP contribution in [0.1, 0.15) is 30.1 Å². The van der Waals surface area contributed by atoms with E-state index in [1.54, 1.807) is 41.3 Å². The molecule has 0 atom stereocenters. The fourth-order valence-corrected chi connectivity index (χ4v) is 2.18. The highest BCUT2D eigenvalue weighted by Crippen LogP contribution is 2.17. The highest BCUT2D eigenvalue weighted by molar-refractivity contribution is 6.09. The molecule has 0 saturated heterocycles. The minimum absolute atomic E-state index is 0.0900. The Balaban J connectivity index is 2.97. The number of hydrogen-bond donors (Lipinski definition) is 1. The van der Waals surface area contributed by atoms with Gasteiger partial charge in [-0.05, 0) is 18.6 Å². The largest absolute Gasteiger partial charge is 0.462 e. The van der Waals surface area contributed by atoms with E-state index in [9.17, 15) is 14.9 Å². The van der Waals surface area contributed by atoms with Crippen LogP contribution in [0.15, 0.2) is 61.3 Å². The molecule has 142 valence electrons. The average molecular weight is 367 g/mol. The minimum Gasteiger partial charge on any atom is -0.462 e. The number of amides is 1. The monoisotopic (exact) mass is 367 g/mol. The molecule has 0 spiro atoms. The zero-order valence-corrected chi connectivity index (χ0v) is 15.6. The van der Waals surface area contributed by atoms with Crippen molar-refractivity contribution in [3.05, 3.63) is 66.9 Å². The molecule has 0 fully saturated rings. The van der Waals surface area contributed by atoms with Crippen LogP contribution in [0.25, 0.3) is 0 Å². The van der Waals surface area contributed by atoms with Crippen LogP contribution in [0.3, 0.4) is 0 Å². The number of esters is 1. The lowest BCUT2D eigenvalue weighted by Crippen LogP contribution is -2.22. The number of carbonyl (C=O) groups is 2. The Morgan fingerprint density at radius 2 is 1.93 bits per heavy atom. The Morgan fingerprint density at radius 1 is 1.26 bits per heavy atom. The lowest BCUT2D eigenvalue weighted by molar-refractivity contribution is -0.112. The second-order valence-electron chi connectivity index (χ2n) is 5.68. The number of nitriles is 1. The SMILES string of the molecule is C=CCN(/C=C(/C#N)C(=O)Nc1ccccc1C(=O)OCCCC)CC=C. The first-order valence-corrected chi connectivity index (χ1v) is 8.72. The molecule has 6 nitrogen and oxygen atoms in total. The Morgan fingerprint density at radius 3 is 2.52 bits per heavy atom. The molecule has 0 unspecified atom stereocenters. The summed E-state index contributed by atoms with van der Waals surface area (Å²) in [4.78, 5) is 26.4. The van der Waals surface area contributed by atoms with Gasteiger partial charge in [-0.25, -0.2) is 4.79 Å². The molecule has 0 aliphatic rings. The number of carbonyl (C=O) groups excluding carboxylic acids is 2. The maximum Gasteiger partial charge on any atom is 0.340 e. The molecule has 0 bridgehead atoms. The van der Waals surface area contributed by atoms with Gasteiger partial charge in [0.15, 0.2) is 0 Å². The molecule has 1 aromatic carbocycles. The molecule has 6 heteroatoms. The normalized spacial score (nSPS) is 10.4. The molecule has 0 radical (unpaired) electrons. The first-order chi connectivity index (χ1) is 13.1. The van der Waals surface area contributed by atoms with Crippen molar-refractivity contribution in [3.8, 4) is 6.07 Å². The Labute approximate surface area is 160 Å². The molecule has 0 saturated carbocycles.